The molecule has 2 N–H and O–H groups in total. The summed E-state index contributed by atoms with van der Waals surface area (Å²) in [6, 6.07) is 3.01. The Morgan fingerprint density at radius 1 is 1.52 bits per heavy atom. The Labute approximate surface area is 130 Å². The summed E-state index contributed by atoms with van der Waals surface area (Å²) in [5.41, 5.74) is 5.87. The lowest BCUT2D eigenvalue weighted by atomic mass is 9.97. The zero-order valence-electron chi connectivity index (χ0n) is 12.0. The minimum absolute atomic E-state index is 0.0858. The highest BCUT2D eigenvalue weighted by Gasteiger charge is 2.33. The highest BCUT2D eigenvalue weighted by Crippen LogP contribution is 2.25. The normalized spacial score (nSPS) is 23.9. The van der Waals surface area contributed by atoms with E-state index in [1.165, 1.54) is 22.6 Å². The van der Waals surface area contributed by atoms with Gasteiger partial charge in [0, 0.05) is 26.4 Å². The molecule has 1 aromatic heterocycles. The Kier molecular flexibility index (Phi) is 4.92. The number of hydrogen-bond acceptors (Lipinski definition) is 5. The van der Waals surface area contributed by atoms with Crippen molar-refractivity contribution in [3.8, 4) is 0 Å². The van der Waals surface area contributed by atoms with Gasteiger partial charge in [-0.1, -0.05) is 19.1 Å². The number of hydrogen-bond donors (Lipinski definition) is 1. The second-order valence-corrected chi connectivity index (χ2v) is 7.52. The summed E-state index contributed by atoms with van der Waals surface area (Å²) in [5, 5.41) is 0. The molecule has 1 aliphatic heterocycles. The van der Waals surface area contributed by atoms with Gasteiger partial charge in [0.15, 0.2) is 0 Å². The van der Waals surface area contributed by atoms with E-state index in [9.17, 15) is 8.42 Å². The third-order valence-electron chi connectivity index (χ3n) is 3.78. The van der Waals surface area contributed by atoms with Gasteiger partial charge in [0.05, 0.1) is 11.8 Å². The molecule has 2 heterocycles. The maximum Gasteiger partial charge on any atom is 0.244 e. The second kappa shape index (κ2) is 6.35. The van der Waals surface area contributed by atoms with Crippen LogP contribution in [0.2, 0.25) is 0 Å². The largest absolute Gasteiger partial charge is 0.388 e. The van der Waals surface area contributed by atoms with E-state index in [1.807, 2.05) is 0 Å². The Morgan fingerprint density at radius 3 is 2.76 bits per heavy atom. The van der Waals surface area contributed by atoms with Crippen molar-refractivity contribution in [1.29, 1.82) is 0 Å². The average molecular weight is 329 g/mol. The number of sulfonamides is 1. The van der Waals surface area contributed by atoms with Crippen LogP contribution >= 0.6 is 12.2 Å². The molecule has 0 radical (unpaired) electrons. The van der Waals surface area contributed by atoms with Gasteiger partial charge in [-0.25, -0.2) is 8.42 Å². The van der Waals surface area contributed by atoms with E-state index in [0.717, 1.165) is 6.42 Å². The molecule has 0 aromatic carbocycles. The van der Waals surface area contributed by atoms with E-state index in [1.54, 1.807) is 7.11 Å². The van der Waals surface area contributed by atoms with Crippen molar-refractivity contribution in [2.24, 2.45) is 11.7 Å². The van der Waals surface area contributed by atoms with Crippen molar-refractivity contribution in [3.63, 3.8) is 0 Å². The van der Waals surface area contributed by atoms with Crippen molar-refractivity contribution in [2.45, 2.75) is 24.3 Å². The van der Waals surface area contributed by atoms with E-state index in [-0.39, 0.29) is 16.0 Å². The number of nitrogens with zero attached hydrogens (tertiary/aromatic N) is 2. The summed E-state index contributed by atoms with van der Waals surface area (Å²) >= 11 is 4.81. The van der Waals surface area contributed by atoms with Crippen LogP contribution in [0.5, 0.6) is 0 Å². The van der Waals surface area contributed by atoms with Crippen LogP contribution in [-0.4, -0.2) is 49.0 Å². The zero-order valence-corrected chi connectivity index (χ0v) is 13.7. The van der Waals surface area contributed by atoms with Gasteiger partial charge < -0.3 is 10.5 Å². The van der Waals surface area contributed by atoms with Crippen LogP contribution in [0.1, 0.15) is 19.0 Å². The summed E-state index contributed by atoms with van der Waals surface area (Å²) in [7, 11) is -1.96. The lowest BCUT2D eigenvalue weighted by molar-refractivity contribution is 0.0184. The molecule has 1 aromatic rings. The monoisotopic (exact) mass is 329 g/mol. The number of methoxy groups -OCH3 is 1. The fourth-order valence-electron chi connectivity index (χ4n) is 2.36. The predicted octanol–water partition coefficient (Wildman–Crippen LogP) is 0.761. The van der Waals surface area contributed by atoms with E-state index in [2.05, 4.69) is 11.9 Å². The smallest absolute Gasteiger partial charge is 0.244 e. The number of thiocarbonyl (C=S) groups is 1. The molecule has 1 aliphatic rings. The topological polar surface area (TPSA) is 85.5 Å². The fourth-order valence-corrected chi connectivity index (χ4v) is 3.89. The number of rotatable bonds is 4. The summed E-state index contributed by atoms with van der Waals surface area (Å²) < 4.78 is 32.0. The number of ether oxygens (including phenoxy) is 1. The van der Waals surface area contributed by atoms with Gasteiger partial charge in [-0.05, 0) is 24.5 Å². The van der Waals surface area contributed by atoms with Crippen LogP contribution in [0, 0.1) is 5.92 Å². The van der Waals surface area contributed by atoms with Crippen LogP contribution < -0.4 is 5.73 Å². The number of pyridine rings is 1. The van der Waals surface area contributed by atoms with E-state index < -0.39 is 10.0 Å². The minimum Gasteiger partial charge on any atom is -0.388 e. The van der Waals surface area contributed by atoms with Crippen LogP contribution in [0.25, 0.3) is 0 Å². The molecule has 0 amide bonds. The molecule has 0 aliphatic carbocycles. The molecule has 21 heavy (non-hydrogen) atoms. The van der Waals surface area contributed by atoms with Crippen LogP contribution in [-0.2, 0) is 14.8 Å². The van der Waals surface area contributed by atoms with Crippen LogP contribution in [0.3, 0.4) is 0 Å². The molecular formula is C13H19N3O3S2. The van der Waals surface area contributed by atoms with Gasteiger partial charge in [0.1, 0.15) is 9.88 Å². The van der Waals surface area contributed by atoms with Crippen LogP contribution in [0.4, 0.5) is 0 Å². The molecule has 0 bridgehead atoms. The maximum absolute atomic E-state index is 12.6. The predicted molar refractivity (Wildman–Crippen MR) is 83.5 cm³/mol. The van der Waals surface area contributed by atoms with Crippen molar-refractivity contribution < 1.29 is 13.2 Å². The lowest BCUT2D eigenvalue weighted by Gasteiger charge is -2.35. The molecule has 1 saturated heterocycles. The van der Waals surface area contributed by atoms with E-state index in [4.69, 9.17) is 22.7 Å². The first-order chi connectivity index (χ1) is 9.86. The Balaban J connectivity index is 2.23. The molecule has 2 rings (SSSR count). The van der Waals surface area contributed by atoms with Gasteiger partial charge in [-0.15, -0.1) is 0 Å². The molecule has 0 saturated carbocycles. The molecule has 2 atom stereocenters. The first kappa shape index (κ1) is 16.3. The average Bonchev–Trinajstić information content (AvgIpc) is 2.47. The van der Waals surface area contributed by atoms with Gasteiger partial charge in [0.25, 0.3) is 0 Å². The Bertz CT molecular complexity index is 616. The van der Waals surface area contributed by atoms with Gasteiger partial charge in [0.2, 0.25) is 10.0 Å². The quantitative estimate of drug-likeness (QED) is 0.821. The highest BCUT2D eigenvalue weighted by atomic mass is 32.2. The molecule has 2 unspecified atom stereocenters. The first-order valence-electron chi connectivity index (χ1n) is 6.65. The summed E-state index contributed by atoms with van der Waals surface area (Å²) in [4.78, 5) is 4.28. The van der Waals surface area contributed by atoms with Crippen molar-refractivity contribution in [2.75, 3.05) is 20.2 Å². The summed E-state index contributed by atoms with van der Waals surface area (Å²) in [6.45, 7) is 2.91. The number of nitrogens with two attached hydrogens (primary N) is 1. The number of piperidine rings is 1. The molecule has 0 spiro atoms. The Morgan fingerprint density at radius 2 is 2.24 bits per heavy atom. The summed E-state index contributed by atoms with van der Waals surface area (Å²) in [6.07, 6.45) is 1.98. The van der Waals surface area contributed by atoms with E-state index in [0.29, 0.717) is 24.7 Å². The second-order valence-electron chi connectivity index (χ2n) is 5.15. The van der Waals surface area contributed by atoms with Crippen LogP contribution in [0.15, 0.2) is 23.2 Å². The molecule has 6 nitrogen and oxygen atoms in total. The van der Waals surface area contributed by atoms with Crippen molar-refractivity contribution in [3.05, 3.63) is 24.0 Å². The highest BCUT2D eigenvalue weighted by molar-refractivity contribution is 7.89. The van der Waals surface area contributed by atoms with E-state index >= 15 is 0 Å². The van der Waals surface area contributed by atoms with Crippen molar-refractivity contribution in [1.82, 2.24) is 9.29 Å². The molecule has 8 heteroatoms. The molecule has 1 fully saturated rings. The van der Waals surface area contributed by atoms with Gasteiger partial charge >= 0.3 is 0 Å². The minimum atomic E-state index is -3.56. The fraction of sp³-hybridized carbons (Fsp3) is 0.538. The number of aromatic nitrogens is 1. The maximum atomic E-state index is 12.6. The standard InChI is InChI=1S/C13H19N3O3S2/c1-9-5-6-16(8-12(9)19-2)21(17,18)10-3-4-11(13(14)20)15-7-10/h3-4,7,9,12H,5-6,8H2,1-2H3,(H2,14,20). The van der Waals surface area contributed by atoms with Crippen molar-refractivity contribution >= 4 is 27.2 Å². The molecular weight excluding hydrogens is 310 g/mol. The third-order valence-corrected chi connectivity index (χ3v) is 5.84. The SMILES string of the molecule is COC1CN(S(=O)(=O)c2ccc(C(N)=S)nc2)CCC1C. The summed E-state index contributed by atoms with van der Waals surface area (Å²) in [5.74, 6) is 0.344. The van der Waals surface area contributed by atoms with Gasteiger partial charge in [-0.3, -0.25) is 4.98 Å². The zero-order chi connectivity index (χ0) is 15.6. The third kappa shape index (κ3) is 3.39. The first-order valence-corrected chi connectivity index (χ1v) is 8.50. The lowest BCUT2D eigenvalue weighted by Crippen LogP contribution is -2.46. The van der Waals surface area contributed by atoms with Gasteiger partial charge in [-0.2, -0.15) is 4.31 Å². The molecule has 116 valence electrons. The Hall–Kier alpha value is -1.09.